The molecule has 0 spiro atoms. The Morgan fingerprint density at radius 3 is 2.93 bits per heavy atom. The maximum Gasteiger partial charge on any atom is 0.223 e. The van der Waals surface area contributed by atoms with Gasteiger partial charge in [0.1, 0.15) is 17.1 Å². The first-order valence-electron chi connectivity index (χ1n) is 9.09. The van der Waals surface area contributed by atoms with Crippen LogP contribution in [-0.4, -0.2) is 32.0 Å². The molecule has 1 saturated carbocycles. The lowest BCUT2D eigenvalue weighted by Gasteiger charge is -2.28. The van der Waals surface area contributed by atoms with Gasteiger partial charge in [-0.2, -0.15) is 0 Å². The van der Waals surface area contributed by atoms with E-state index >= 15 is 0 Å². The topological polar surface area (TPSA) is 117 Å². The lowest BCUT2D eigenvalue weighted by atomic mass is 9.88. The fourth-order valence-electron chi connectivity index (χ4n) is 4.44. The number of aromatic hydroxyl groups is 1. The summed E-state index contributed by atoms with van der Waals surface area (Å²) < 4.78 is 0. The van der Waals surface area contributed by atoms with Crippen LogP contribution in [-0.2, 0) is 4.79 Å². The van der Waals surface area contributed by atoms with E-state index in [1.54, 1.807) is 24.4 Å². The minimum Gasteiger partial charge on any atom is -0.508 e. The number of allylic oxidation sites excluding steroid dienone is 1. The molecule has 5 rings (SSSR count). The van der Waals surface area contributed by atoms with Crippen molar-refractivity contribution < 1.29 is 9.90 Å². The number of carbonyl (C=O) groups excluding carboxylic acids is 1. The SMILES string of the molecule is NC(=O)C1[C@@H]2C=C[C@@H](C2)[C@H]1Nc1c(Cl)cnc2nc(-c3cccc(O)c3)[nH]c12. The van der Waals surface area contributed by atoms with Crippen LogP contribution in [0.3, 0.4) is 0 Å². The van der Waals surface area contributed by atoms with Crippen molar-refractivity contribution in [2.24, 2.45) is 23.5 Å². The van der Waals surface area contributed by atoms with Gasteiger partial charge in [0.05, 0.1) is 22.8 Å². The van der Waals surface area contributed by atoms with Crippen molar-refractivity contribution >= 4 is 34.4 Å². The van der Waals surface area contributed by atoms with E-state index < -0.39 is 0 Å². The normalized spacial score (nSPS) is 25.5. The minimum atomic E-state index is -0.305. The molecule has 0 saturated heterocycles. The maximum atomic E-state index is 12.0. The lowest BCUT2D eigenvalue weighted by molar-refractivity contribution is -0.122. The van der Waals surface area contributed by atoms with Crippen LogP contribution < -0.4 is 11.1 Å². The smallest absolute Gasteiger partial charge is 0.223 e. The van der Waals surface area contributed by atoms with Gasteiger partial charge in [-0.3, -0.25) is 4.79 Å². The molecule has 2 bridgehead atoms. The van der Waals surface area contributed by atoms with Gasteiger partial charge in [0.2, 0.25) is 5.91 Å². The number of anilines is 1. The third-order valence-corrected chi connectivity index (χ3v) is 5.98. The van der Waals surface area contributed by atoms with Crippen LogP contribution in [0, 0.1) is 17.8 Å². The molecule has 2 aliphatic rings. The number of hydrogen-bond donors (Lipinski definition) is 4. The number of nitrogens with zero attached hydrogens (tertiary/aromatic N) is 2. The van der Waals surface area contributed by atoms with Gasteiger partial charge < -0.3 is 21.1 Å². The highest BCUT2D eigenvalue weighted by molar-refractivity contribution is 6.34. The van der Waals surface area contributed by atoms with Crippen LogP contribution >= 0.6 is 11.6 Å². The summed E-state index contributed by atoms with van der Waals surface area (Å²) in [7, 11) is 0. The highest BCUT2D eigenvalue weighted by Gasteiger charge is 2.47. The van der Waals surface area contributed by atoms with E-state index in [4.69, 9.17) is 17.3 Å². The molecule has 2 aromatic heterocycles. The van der Waals surface area contributed by atoms with E-state index in [2.05, 4.69) is 32.4 Å². The number of phenols is 1. The van der Waals surface area contributed by atoms with E-state index in [1.165, 1.54) is 0 Å². The number of carbonyl (C=O) groups is 1. The fraction of sp³-hybridized carbons (Fsp3) is 0.250. The van der Waals surface area contributed by atoms with Crippen molar-refractivity contribution in [2.45, 2.75) is 12.5 Å². The number of benzene rings is 1. The Morgan fingerprint density at radius 2 is 2.14 bits per heavy atom. The zero-order valence-electron chi connectivity index (χ0n) is 14.8. The number of imidazole rings is 1. The number of nitrogens with one attached hydrogen (secondary N) is 2. The molecule has 2 heterocycles. The van der Waals surface area contributed by atoms with E-state index in [9.17, 15) is 9.90 Å². The van der Waals surface area contributed by atoms with Crippen molar-refractivity contribution in [1.82, 2.24) is 15.0 Å². The quantitative estimate of drug-likeness (QED) is 0.506. The van der Waals surface area contributed by atoms with Gasteiger partial charge in [-0.1, -0.05) is 35.9 Å². The second-order valence-electron chi connectivity index (χ2n) is 7.36. The maximum absolute atomic E-state index is 12.0. The van der Waals surface area contributed by atoms with Crippen molar-refractivity contribution in [3.8, 4) is 17.1 Å². The third-order valence-electron chi connectivity index (χ3n) is 5.69. The van der Waals surface area contributed by atoms with Crippen molar-refractivity contribution in [3.63, 3.8) is 0 Å². The molecule has 1 fully saturated rings. The molecule has 1 amide bonds. The molecule has 7 nitrogen and oxygen atoms in total. The first kappa shape index (κ1) is 17.1. The summed E-state index contributed by atoms with van der Waals surface area (Å²) in [5.41, 5.74) is 8.21. The first-order valence-corrected chi connectivity index (χ1v) is 9.47. The highest BCUT2D eigenvalue weighted by Crippen LogP contribution is 2.46. The predicted octanol–water partition coefficient (Wildman–Crippen LogP) is 3.07. The average Bonchev–Trinajstić information content (AvgIpc) is 3.38. The Labute approximate surface area is 165 Å². The van der Waals surface area contributed by atoms with Crippen LogP contribution in [0.15, 0.2) is 42.6 Å². The summed E-state index contributed by atoms with van der Waals surface area (Å²) >= 11 is 6.44. The van der Waals surface area contributed by atoms with Crippen LogP contribution in [0.5, 0.6) is 5.75 Å². The average molecular weight is 396 g/mol. The van der Waals surface area contributed by atoms with Crippen LogP contribution in [0.1, 0.15) is 6.42 Å². The Morgan fingerprint density at radius 1 is 1.32 bits per heavy atom. The van der Waals surface area contributed by atoms with E-state index in [0.717, 1.165) is 12.0 Å². The number of H-pyrrole nitrogens is 1. The number of halogens is 1. The zero-order chi connectivity index (χ0) is 19.4. The molecule has 3 aromatic rings. The monoisotopic (exact) mass is 395 g/mol. The number of primary amides is 1. The third kappa shape index (κ3) is 2.62. The Kier molecular flexibility index (Phi) is 3.80. The number of phenolic OH excluding ortho intramolecular Hbond substituents is 1. The van der Waals surface area contributed by atoms with Crippen molar-refractivity contribution in [1.29, 1.82) is 0 Å². The van der Waals surface area contributed by atoms with Gasteiger partial charge in [-0.05, 0) is 30.4 Å². The number of nitrogens with two attached hydrogens (primary N) is 1. The Hall–Kier alpha value is -3.06. The molecular weight excluding hydrogens is 378 g/mol. The molecule has 0 aliphatic heterocycles. The molecule has 1 aromatic carbocycles. The van der Waals surface area contributed by atoms with Crippen LogP contribution in [0.4, 0.5) is 5.69 Å². The second-order valence-corrected chi connectivity index (χ2v) is 7.77. The predicted molar refractivity (Wildman–Crippen MR) is 107 cm³/mol. The number of fused-ring (bicyclic) bond motifs is 3. The summed E-state index contributed by atoms with van der Waals surface area (Å²) in [5, 5.41) is 13.6. The Balaban J connectivity index is 1.57. The van der Waals surface area contributed by atoms with E-state index in [-0.39, 0.29) is 35.5 Å². The molecule has 1 unspecified atom stereocenters. The molecule has 5 N–H and O–H groups in total. The number of hydrogen-bond acceptors (Lipinski definition) is 5. The standard InChI is InChI=1S/C20H18ClN5O2/c21-13-8-23-20-17(25-19(26-20)11-2-1-3-12(27)7-11)16(13)24-15-10-5-4-9(6-10)14(15)18(22)28/h1-5,7-10,14-15,27H,6H2,(H2,22,28)(H2,23,24,25,26)/t9-,10+,14?,15-/m1/s1. The number of aromatic nitrogens is 3. The number of aromatic amines is 1. The van der Waals surface area contributed by atoms with Gasteiger partial charge in [0.15, 0.2) is 5.65 Å². The number of amides is 1. The molecule has 4 atom stereocenters. The summed E-state index contributed by atoms with van der Waals surface area (Å²) in [6.07, 6.45) is 6.67. The molecule has 142 valence electrons. The summed E-state index contributed by atoms with van der Waals surface area (Å²) in [5.74, 6) is 0.544. The lowest BCUT2D eigenvalue weighted by Crippen LogP contribution is -2.41. The zero-order valence-corrected chi connectivity index (χ0v) is 15.5. The largest absolute Gasteiger partial charge is 0.508 e. The molecule has 0 radical (unpaired) electrons. The molecular formula is C20H18ClN5O2. The fourth-order valence-corrected chi connectivity index (χ4v) is 4.64. The second kappa shape index (κ2) is 6.24. The summed E-state index contributed by atoms with van der Waals surface area (Å²) in [6.45, 7) is 0. The number of rotatable bonds is 4. The van der Waals surface area contributed by atoms with Gasteiger partial charge in [-0.25, -0.2) is 9.97 Å². The summed E-state index contributed by atoms with van der Waals surface area (Å²) in [6, 6.07) is 6.69. The minimum absolute atomic E-state index is 0.122. The van der Waals surface area contributed by atoms with E-state index in [0.29, 0.717) is 27.7 Å². The van der Waals surface area contributed by atoms with Gasteiger partial charge in [-0.15, -0.1) is 0 Å². The van der Waals surface area contributed by atoms with E-state index in [1.807, 2.05) is 6.07 Å². The van der Waals surface area contributed by atoms with Gasteiger partial charge in [0.25, 0.3) is 0 Å². The molecule has 8 heteroatoms. The van der Waals surface area contributed by atoms with Crippen molar-refractivity contribution in [3.05, 3.63) is 47.6 Å². The first-order chi connectivity index (χ1) is 13.5. The molecule has 2 aliphatic carbocycles. The van der Waals surface area contributed by atoms with Crippen LogP contribution in [0.25, 0.3) is 22.6 Å². The van der Waals surface area contributed by atoms with Crippen LogP contribution in [0.2, 0.25) is 5.02 Å². The van der Waals surface area contributed by atoms with Crippen molar-refractivity contribution in [2.75, 3.05) is 5.32 Å². The van der Waals surface area contributed by atoms with Gasteiger partial charge >= 0.3 is 0 Å². The highest BCUT2D eigenvalue weighted by atomic mass is 35.5. The Bertz CT molecular complexity index is 1120. The summed E-state index contributed by atoms with van der Waals surface area (Å²) in [4.78, 5) is 24.1. The number of pyridine rings is 1. The van der Waals surface area contributed by atoms with Gasteiger partial charge in [0, 0.05) is 11.6 Å². The molecule has 28 heavy (non-hydrogen) atoms.